The Morgan fingerprint density at radius 2 is 1.88 bits per heavy atom. The molecule has 0 saturated carbocycles. The van der Waals surface area contributed by atoms with Crippen molar-refractivity contribution >= 4 is 5.91 Å². The topological polar surface area (TPSA) is 44.4 Å². The number of nitrogens with zero attached hydrogens (tertiary/aromatic N) is 1. The maximum Gasteiger partial charge on any atom is 0.234 e. The number of rotatable bonds is 5. The zero-order valence-corrected chi connectivity index (χ0v) is 11.7. The molecule has 1 saturated heterocycles. The molecular formula is C13H27N3O. The molecule has 1 fully saturated rings. The number of carbonyl (C=O) groups is 1. The molecule has 0 aromatic heterocycles. The minimum Gasteiger partial charge on any atom is -0.353 e. The predicted octanol–water partition coefficient (Wildman–Crippen LogP) is 0.975. The predicted molar refractivity (Wildman–Crippen MR) is 71.0 cm³/mol. The number of carbonyl (C=O) groups excluding carboxylic acids is 1. The maximum atomic E-state index is 11.6. The summed E-state index contributed by atoms with van der Waals surface area (Å²) >= 11 is 0. The minimum absolute atomic E-state index is 0.00207. The van der Waals surface area contributed by atoms with Gasteiger partial charge in [-0.2, -0.15) is 0 Å². The van der Waals surface area contributed by atoms with Crippen LogP contribution >= 0.6 is 0 Å². The van der Waals surface area contributed by atoms with Gasteiger partial charge in [-0.15, -0.1) is 0 Å². The van der Waals surface area contributed by atoms with E-state index in [0.717, 1.165) is 6.54 Å². The van der Waals surface area contributed by atoms with E-state index in [-0.39, 0.29) is 11.4 Å². The summed E-state index contributed by atoms with van der Waals surface area (Å²) in [7, 11) is 0. The second-order valence-corrected chi connectivity index (χ2v) is 6.00. The van der Waals surface area contributed by atoms with E-state index in [1.807, 2.05) is 0 Å². The van der Waals surface area contributed by atoms with Crippen LogP contribution in [-0.4, -0.2) is 48.6 Å². The molecule has 0 aliphatic carbocycles. The lowest BCUT2D eigenvalue weighted by molar-refractivity contribution is -0.120. The third-order valence-corrected chi connectivity index (χ3v) is 3.14. The monoisotopic (exact) mass is 241 g/mol. The lowest BCUT2D eigenvalue weighted by Crippen LogP contribution is -2.46. The van der Waals surface area contributed by atoms with Crippen molar-refractivity contribution in [1.82, 2.24) is 15.5 Å². The highest BCUT2D eigenvalue weighted by Gasteiger charge is 2.18. The van der Waals surface area contributed by atoms with Crippen LogP contribution in [0.3, 0.4) is 0 Å². The van der Waals surface area contributed by atoms with E-state index in [4.69, 9.17) is 0 Å². The first kappa shape index (κ1) is 14.5. The smallest absolute Gasteiger partial charge is 0.234 e. The van der Waals surface area contributed by atoms with Gasteiger partial charge in [-0.25, -0.2) is 0 Å². The van der Waals surface area contributed by atoms with Crippen molar-refractivity contribution in [3.8, 4) is 0 Å². The Kier molecular flexibility index (Phi) is 5.40. The van der Waals surface area contributed by atoms with E-state index in [2.05, 4.69) is 43.2 Å². The number of amides is 1. The van der Waals surface area contributed by atoms with Gasteiger partial charge < -0.3 is 10.6 Å². The van der Waals surface area contributed by atoms with Crippen LogP contribution in [0, 0.1) is 0 Å². The Hall–Kier alpha value is -0.610. The summed E-state index contributed by atoms with van der Waals surface area (Å²) in [5.41, 5.74) is -0.00207. The SMILES string of the molecule is CC(CNC(=O)CNC(C)(C)C)N1CCCC1. The van der Waals surface area contributed by atoms with Gasteiger partial charge in [0.2, 0.25) is 5.91 Å². The highest BCUT2D eigenvalue weighted by Crippen LogP contribution is 2.10. The van der Waals surface area contributed by atoms with Crippen LogP contribution in [-0.2, 0) is 4.79 Å². The van der Waals surface area contributed by atoms with Crippen molar-refractivity contribution in [2.45, 2.75) is 52.1 Å². The van der Waals surface area contributed by atoms with Crippen LogP contribution in [0.25, 0.3) is 0 Å². The van der Waals surface area contributed by atoms with Gasteiger partial charge in [0.25, 0.3) is 0 Å². The third kappa shape index (κ3) is 6.03. The van der Waals surface area contributed by atoms with Crippen molar-refractivity contribution in [3.05, 3.63) is 0 Å². The number of hydrogen-bond donors (Lipinski definition) is 2. The minimum atomic E-state index is -0.00207. The molecule has 4 heteroatoms. The van der Waals surface area contributed by atoms with Crippen LogP contribution in [0.4, 0.5) is 0 Å². The second kappa shape index (κ2) is 6.36. The van der Waals surface area contributed by atoms with Crippen LogP contribution in [0.2, 0.25) is 0 Å². The first-order valence-electron chi connectivity index (χ1n) is 6.64. The molecule has 2 N–H and O–H groups in total. The summed E-state index contributed by atoms with van der Waals surface area (Å²) in [5, 5.41) is 6.18. The molecule has 0 spiro atoms. The molecule has 1 amide bonds. The summed E-state index contributed by atoms with van der Waals surface area (Å²) in [5.74, 6) is 0.0889. The fourth-order valence-electron chi connectivity index (χ4n) is 1.98. The Morgan fingerprint density at radius 3 is 2.41 bits per heavy atom. The molecule has 0 radical (unpaired) electrons. The van der Waals surface area contributed by atoms with E-state index < -0.39 is 0 Å². The Bertz CT molecular complexity index is 242. The average Bonchev–Trinajstić information content (AvgIpc) is 2.75. The normalized spacial score (nSPS) is 19.3. The molecule has 4 nitrogen and oxygen atoms in total. The molecule has 0 bridgehead atoms. The average molecular weight is 241 g/mol. The fraction of sp³-hybridized carbons (Fsp3) is 0.923. The van der Waals surface area contributed by atoms with Gasteiger partial charge in [0, 0.05) is 18.1 Å². The molecule has 0 aromatic carbocycles. The van der Waals surface area contributed by atoms with Crippen LogP contribution < -0.4 is 10.6 Å². The fourth-order valence-corrected chi connectivity index (χ4v) is 1.98. The highest BCUT2D eigenvalue weighted by molar-refractivity contribution is 5.78. The summed E-state index contributed by atoms with van der Waals surface area (Å²) in [6, 6.07) is 0.455. The van der Waals surface area contributed by atoms with Gasteiger partial charge in [0.15, 0.2) is 0 Å². The molecule has 1 unspecified atom stereocenters. The van der Waals surface area contributed by atoms with Crippen molar-refractivity contribution in [2.75, 3.05) is 26.2 Å². The molecule has 1 aliphatic rings. The van der Waals surface area contributed by atoms with E-state index in [1.165, 1.54) is 25.9 Å². The first-order chi connectivity index (χ1) is 7.88. The Balaban J connectivity index is 2.14. The third-order valence-electron chi connectivity index (χ3n) is 3.14. The van der Waals surface area contributed by atoms with Crippen LogP contribution in [0.15, 0.2) is 0 Å². The van der Waals surface area contributed by atoms with Crippen molar-refractivity contribution < 1.29 is 4.79 Å². The standard InChI is InChI=1S/C13H27N3O/c1-11(16-7-5-6-8-16)9-14-12(17)10-15-13(2,3)4/h11,15H,5-10H2,1-4H3,(H,14,17). The highest BCUT2D eigenvalue weighted by atomic mass is 16.1. The van der Waals surface area contributed by atoms with E-state index >= 15 is 0 Å². The zero-order valence-electron chi connectivity index (χ0n) is 11.7. The molecule has 1 heterocycles. The van der Waals surface area contributed by atoms with Crippen LogP contribution in [0.1, 0.15) is 40.5 Å². The maximum absolute atomic E-state index is 11.6. The van der Waals surface area contributed by atoms with Gasteiger partial charge in [-0.05, 0) is 53.6 Å². The summed E-state index contributed by atoms with van der Waals surface area (Å²) in [6.07, 6.45) is 2.59. The quantitative estimate of drug-likeness (QED) is 0.754. The van der Waals surface area contributed by atoms with Gasteiger partial charge >= 0.3 is 0 Å². The summed E-state index contributed by atoms with van der Waals surface area (Å²) < 4.78 is 0. The first-order valence-corrected chi connectivity index (χ1v) is 6.64. The van der Waals surface area contributed by atoms with Gasteiger partial charge in [0.1, 0.15) is 0 Å². The summed E-state index contributed by atoms with van der Waals surface area (Å²) in [4.78, 5) is 14.1. The van der Waals surface area contributed by atoms with Crippen molar-refractivity contribution in [3.63, 3.8) is 0 Å². The molecule has 1 rings (SSSR count). The molecule has 1 atom stereocenters. The Labute approximate surface area is 105 Å². The molecular weight excluding hydrogens is 214 g/mol. The van der Waals surface area contributed by atoms with E-state index in [9.17, 15) is 4.79 Å². The number of likely N-dealkylation sites (tertiary alicyclic amines) is 1. The molecule has 1 aliphatic heterocycles. The van der Waals surface area contributed by atoms with Gasteiger partial charge in [-0.1, -0.05) is 0 Å². The van der Waals surface area contributed by atoms with Crippen molar-refractivity contribution in [2.24, 2.45) is 0 Å². The van der Waals surface area contributed by atoms with Gasteiger partial charge in [-0.3, -0.25) is 9.69 Å². The Morgan fingerprint density at radius 1 is 1.29 bits per heavy atom. The second-order valence-electron chi connectivity index (χ2n) is 6.00. The molecule has 100 valence electrons. The molecule has 0 aromatic rings. The van der Waals surface area contributed by atoms with E-state index in [1.54, 1.807) is 0 Å². The lowest BCUT2D eigenvalue weighted by atomic mass is 10.1. The lowest BCUT2D eigenvalue weighted by Gasteiger charge is -2.24. The van der Waals surface area contributed by atoms with Gasteiger partial charge in [0.05, 0.1) is 6.54 Å². The molecule has 17 heavy (non-hydrogen) atoms. The number of hydrogen-bond acceptors (Lipinski definition) is 3. The largest absolute Gasteiger partial charge is 0.353 e. The van der Waals surface area contributed by atoms with E-state index in [0.29, 0.717) is 12.6 Å². The van der Waals surface area contributed by atoms with Crippen molar-refractivity contribution in [1.29, 1.82) is 0 Å². The van der Waals surface area contributed by atoms with Crippen LogP contribution in [0.5, 0.6) is 0 Å². The summed E-state index contributed by atoms with van der Waals surface area (Å²) in [6.45, 7) is 11.9. The zero-order chi connectivity index (χ0) is 12.9. The number of nitrogens with one attached hydrogen (secondary N) is 2.